The number of nitriles is 1. The van der Waals surface area contributed by atoms with Crippen molar-refractivity contribution in [2.75, 3.05) is 0 Å². The molecule has 2 aliphatic heterocycles. The Bertz CT molecular complexity index is 3220. The molecule has 362 valence electrons. The number of pyridine rings is 2. The molecule has 2 N–H and O–H groups in total. The molecule has 10 rings (SSSR count). The molecule has 2 fully saturated rings. The molecule has 6 heterocycles. The molecule has 2 saturated carbocycles. The Morgan fingerprint density at radius 3 is 1.90 bits per heavy atom. The molecule has 0 saturated heterocycles. The Balaban J connectivity index is 0.000000184. The molecule has 0 spiro atoms. The summed E-state index contributed by atoms with van der Waals surface area (Å²) in [6.07, 6.45) is -0.360. The number of hydrogen-bond donors (Lipinski definition) is 2. The van der Waals surface area contributed by atoms with Crippen molar-refractivity contribution >= 4 is 41.9 Å². The molecule has 0 amide bonds. The minimum atomic E-state index is -4.90. The van der Waals surface area contributed by atoms with Crippen LogP contribution in [0.1, 0.15) is 93.3 Å². The molecule has 0 radical (unpaired) electrons. The summed E-state index contributed by atoms with van der Waals surface area (Å²) >= 11 is 0. The lowest BCUT2D eigenvalue weighted by molar-refractivity contribution is -0.140. The third-order valence-electron chi connectivity index (χ3n) is 12.2. The van der Waals surface area contributed by atoms with Gasteiger partial charge in [0, 0.05) is 89.5 Å². The number of hydrogen-bond acceptors (Lipinski definition) is 7. The molecule has 4 bridgehead atoms. The van der Waals surface area contributed by atoms with Crippen LogP contribution in [0.4, 0.5) is 35.1 Å². The molecule has 6 aromatic rings. The smallest absolute Gasteiger partial charge is 0.347 e. The fourth-order valence-electron chi connectivity index (χ4n) is 8.52. The first-order valence-corrected chi connectivity index (χ1v) is 25.0. The second-order valence-corrected chi connectivity index (χ2v) is 23.1. The predicted octanol–water partition coefficient (Wildman–Crippen LogP) is 10.4. The monoisotopic (exact) mass is 989 g/mol. The molecule has 2 aromatic carbocycles. The van der Waals surface area contributed by atoms with Gasteiger partial charge in [0.25, 0.3) is 0 Å². The second kappa shape index (κ2) is 17.8. The van der Waals surface area contributed by atoms with Crippen molar-refractivity contribution in [1.82, 2.24) is 28.5 Å². The van der Waals surface area contributed by atoms with Crippen LogP contribution in [0.3, 0.4) is 0 Å². The van der Waals surface area contributed by atoms with Crippen molar-refractivity contribution < 1.29 is 52.0 Å². The topological polar surface area (TPSA) is 152 Å². The summed E-state index contributed by atoms with van der Waals surface area (Å²) in [5.41, 5.74) is -2.05. The first-order chi connectivity index (χ1) is 31.7. The van der Waals surface area contributed by atoms with Crippen molar-refractivity contribution in [3.8, 4) is 28.5 Å². The molecular formula is C47H47F8N7O4S2. The quantitative estimate of drug-likeness (QED) is 0.130. The third kappa shape index (κ3) is 10.4. The van der Waals surface area contributed by atoms with Gasteiger partial charge in [0.15, 0.2) is 5.69 Å². The van der Waals surface area contributed by atoms with Gasteiger partial charge < -0.3 is 9.13 Å². The largest absolute Gasteiger partial charge is 0.434 e. The maximum absolute atomic E-state index is 15.4. The van der Waals surface area contributed by atoms with Crippen LogP contribution in [0.25, 0.3) is 44.2 Å². The summed E-state index contributed by atoms with van der Waals surface area (Å²) in [6.45, 7) is 8.84. The fraction of sp³-hybridized carbons (Fsp3) is 0.426. The normalized spacial score (nSPS) is 17.0. The zero-order valence-corrected chi connectivity index (χ0v) is 38.9. The second-order valence-electron chi connectivity index (χ2n) is 19.1. The van der Waals surface area contributed by atoms with Gasteiger partial charge in [-0.05, 0) is 103 Å². The van der Waals surface area contributed by atoms with Gasteiger partial charge in [0.05, 0.1) is 33.4 Å². The van der Waals surface area contributed by atoms with Crippen molar-refractivity contribution in [3.63, 3.8) is 0 Å². The zero-order chi connectivity index (χ0) is 49.3. The van der Waals surface area contributed by atoms with Gasteiger partial charge in [0.1, 0.15) is 11.6 Å². The predicted molar refractivity (Wildman–Crippen MR) is 239 cm³/mol. The van der Waals surface area contributed by atoms with Crippen LogP contribution in [-0.2, 0) is 65.0 Å². The van der Waals surface area contributed by atoms with Crippen molar-refractivity contribution in [2.24, 2.45) is 11.3 Å². The Morgan fingerprint density at radius 2 is 1.34 bits per heavy atom. The van der Waals surface area contributed by atoms with E-state index in [1.54, 1.807) is 23.0 Å². The molecule has 11 nitrogen and oxygen atoms in total. The van der Waals surface area contributed by atoms with Crippen LogP contribution in [0, 0.1) is 34.3 Å². The number of nitrogens with one attached hydrogen (secondary N) is 2. The van der Waals surface area contributed by atoms with E-state index >= 15 is 8.78 Å². The molecule has 4 aliphatic rings. The van der Waals surface area contributed by atoms with Crippen molar-refractivity contribution in [2.45, 2.75) is 115 Å². The van der Waals surface area contributed by atoms with E-state index < -0.39 is 77.4 Å². The Labute approximate surface area is 387 Å². The lowest BCUT2D eigenvalue weighted by Crippen LogP contribution is -2.26. The highest BCUT2D eigenvalue weighted by Gasteiger charge is 2.40. The highest BCUT2D eigenvalue weighted by molar-refractivity contribution is 7.90. The Morgan fingerprint density at radius 1 is 0.765 bits per heavy atom. The van der Waals surface area contributed by atoms with Gasteiger partial charge in [-0.3, -0.25) is 9.97 Å². The number of nitrogens with zero attached hydrogens (tertiary/aromatic N) is 5. The average molecular weight is 990 g/mol. The van der Waals surface area contributed by atoms with E-state index in [0.29, 0.717) is 90.1 Å². The summed E-state index contributed by atoms with van der Waals surface area (Å²) in [6, 6.07) is 8.84. The number of halogens is 8. The van der Waals surface area contributed by atoms with Crippen molar-refractivity contribution in [3.05, 3.63) is 106 Å². The molecule has 68 heavy (non-hydrogen) atoms. The van der Waals surface area contributed by atoms with E-state index in [9.17, 15) is 48.4 Å². The van der Waals surface area contributed by atoms with Crippen LogP contribution in [0.15, 0.2) is 61.2 Å². The zero-order valence-electron chi connectivity index (χ0n) is 37.3. The van der Waals surface area contributed by atoms with Gasteiger partial charge in [-0.1, -0.05) is 27.7 Å². The van der Waals surface area contributed by atoms with E-state index in [2.05, 4.69) is 19.4 Å². The maximum Gasteiger partial charge on any atom is 0.434 e. The lowest BCUT2D eigenvalue weighted by atomic mass is 9.95. The number of alkyl halides is 6. The van der Waals surface area contributed by atoms with E-state index in [0.717, 1.165) is 24.4 Å². The van der Waals surface area contributed by atoms with Crippen LogP contribution >= 0.6 is 0 Å². The van der Waals surface area contributed by atoms with Crippen molar-refractivity contribution in [1.29, 1.82) is 5.26 Å². The molecule has 1 atom stereocenters. The molecule has 4 aromatic heterocycles. The van der Waals surface area contributed by atoms with Crippen LogP contribution in [-0.4, -0.2) is 46.4 Å². The molecule has 1 unspecified atom stereocenters. The number of benzene rings is 2. The first kappa shape index (κ1) is 49.0. The Hall–Kier alpha value is -5.43. The van der Waals surface area contributed by atoms with Crippen LogP contribution in [0.5, 0.6) is 0 Å². The average Bonchev–Trinajstić information content (AvgIpc) is 4.19. The number of aromatic nitrogens is 4. The SMILES string of the molecule is CC(C)(C)Cn1cc(CNS(=O)(=O)C2CC2)c2cc(F)c(-c3c(C#N)ccnc3C(F)(F)F)cc21.CC1CCc2cnc(c(C(F)(F)F)c2)-c2cc3c(cc2F)c(CNS(=O)(=O)C2CC2)cn3C1. The highest BCUT2D eigenvalue weighted by atomic mass is 32.2. The molecule has 2 aliphatic carbocycles. The number of fused-ring (bicyclic) bond motifs is 6. The summed E-state index contributed by atoms with van der Waals surface area (Å²) in [5.74, 6) is -1.67. The number of sulfonamides is 2. The number of rotatable bonds is 10. The maximum atomic E-state index is 15.4. The standard InChI is InChI=1S/C24H24F4N4O2S.C23H23F4N3O2S/c1-23(2,3)13-32-12-15(11-31-35(33,34)16-4-5-16)17-8-19(25)18(9-20(17)32)21-14(10-29)6-7-30-22(21)24(26,27)28;1-13-2-3-14-6-19(23(25,26)27)22(28-9-14)18-8-21-17(7-20(18)24)15(12-30(21)11-13)10-29-33(31,32)16-4-5-16/h6-9,12,16,31H,4-5,11,13H2,1-3H3;6-9,12-13,16,29H,2-5,10-11H2,1H3. The summed E-state index contributed by atoms with van der Waals surface area (Å²) < 4.78 is 171. The van der Waals surface area contributed by atoms with Gasteiger partial charge in [-0.15, -0.1) is 0 Å². The summed E-state index contributed by atoms with van der Waals surface area (Å²) in [7, 11) is -6.93. The van der Waals surface area contributed by atoms with E-state index in [1.807, 2.05) is 32.3 Å². The first-order valence-electron chi connectivity index (χ1n) is 21.9. The van der Waals surface area contributed by atoms with E-state index in [1.165, 1.54) is 24.4 Å². The van der Waals surface area contributed by atoms with Gasteiger partial charge in [0.2, 0.25) is 20.0 Å². The van der Waals surface area contributed by atoms with Gasteiger partial charge >= 0.3 is 12.4 Å². The summed E-state index contributed by atoms with van der Waals surface area (Å²) in [5, 5.41) is 9.49. The van der Waals surface area contributed by atoms with Gasteiger partial charge in [-0.25, -0.2) is 35.1 Å². The highest BCUT2D eigenvalue weighted by Crippen LogP contribution is 2.42. The van der Waals surface area contributed by atoms with Gasteiger partial charge in [-0.2, -0.15) is 31.6 Å². The minimum Gasteiger partial charge on any atom is -0.347 e. The third-order valence-corrected chi connectivity index (χ3v) is 15.9. The van der Waals surface area contributed by atoms with E-state index in [-0.39, 0.29) is 40.8 Å². The van der Waals surface area contributed by atoms with Crippen LogP contribution < -0.4 is 9.44 Å². The van der Waals surface area contributed by atoms with E-state index in [4.69, 9.17) is 0 Å². The van der Waals surface area contributed by atoms with Crippen LogP contribution in [0.2, 0.25) is 0 Å². The fourth-order valence-corrected chi connectivity index (χ4v) is 11.2. The Kier molecular flexibility index (Phi) is 12.8. The summed E-state index contributed by atoms with van der Waals surface area (Å²) in [4.78, 5) is 7.42. The minimum absolute atomic E-state index is 0.00411. The number of aryl methyl sites for hydroxylation is 1. The lowest BCUT2D eigenvalue weighted by Gasteiger charge is -2.20. The molecular weight excluding hydrogens is 943 g/mol. The molecule has 21 heteroatoms.